The third-order valence-corrected chi connectivity index (χ3v) is 5.31. The minimum absolute atomic E-state index is 0.199. The highest BCUT2D eigenvalue weighted by atomic mass is 32.1. The largest absolute Gasteiger partial charge is 0.497 e. The number of nitrogens with one attached hydrogen (secondary N) is 1. The number of rotatable bonds is 7. The molecule has 1 heterocycles. The Kier molecular flexibility index (Phi) is 7.21. The predicted octanol–water partition coefficient (Wildman–Crippen LogP) is 4.37. The summed E-state index contributed by atoms with van der Waals surface area (Å²) in [6.07, 6.45) is 1.43. The Balaban J connectivity index is 1.92. The lowest BCUT2D eigenvalue weighted by molar-refractivity contribution is 0.0587. The molecule has 0 unspecified atom stereocenters. The van der Waals surface area contributed by atoms with Crippen molar-refractivity contribution in [2.45, 2.75) is 0 Å². The summed E-state index contributed by atoms with van der Waals surface area (Å²) >= 11 is 1.30. The first-order chi connectivity index (χ1) is 15.5. The van der Waals surface area contributed by atoms with E-state index in [1.165, 1.54) is 50.0 Å². The topological polar surface area (TPSA) is 111 Å². The molecule has 1 N–H and O–H groups in total. The van der Waals surface area contributed by atoms with Crippen LogP contribution in [0.4, 0.5) is 5.69 Å². The van der Waals surface area contributed by atoms with Gasteiger partial charge in [-0.1, -0.05) is 12.1 Å². The molecule has 0 radical (unpaired) electrons. The molecule has 3 rings (SSSR count). The summed E-state index contributed by atoms with van der Waals surface area (Å²) < 4.78 is 14.8. The number of methoxy groups -OCH3 is 3. The van der Waals surface area contributed by atoms with Gasteiger partial charge in [-0.3, -0.25) is 0 Å². The molecule has 0 saturated heterocycles. The van der Waals surface area contributed by atoms with Crippen molar-refractivity contribution < 1.29 is 23.8 Å². The van der Waals surface area contributed by atoms with E-state index < -0.39 is 11.9 Å². The molecular weight excluding hydrogens is 430 g/mol. The van der Waals surface area contributed by atoms with E-state index in [4.69, 9.17) is 14.2 Å². The number of ether oxygens (including phenoxy) is 3. The highest BCUT2D eigenvalue weighted by Gasteiger charge is 2.16. The quantitative estimate of drug-likeness (QED) is 0.418. The molecule has 0 saturated carbocycles. The van der Waals surface area contributed by atoms with Crippen molar-refractivity contribution in [1.29, 1.82) is 5.26 Å². The van der Waals surface area contributed by atoms with Gasteiger partial charge in [-0.25, -0.2) is 14.6 Å². The number of allylic oxidation sites excluding steroid dienone is 1. The molecule has 8 nitrogen and oxygen atoms in total. The van der Waals surface area contributed by atoms with Crippen molar-refractivity contribution in [3.63, 3.8) is 0 Å². The Morgan fingerprint density at radius 2 is 1.88 bits per heavy atom. The van der Waals surface area contributed by atoms with Crippen LogP contribution in [0.5, 0.6) is 5.75 Å². The van der Waals surface area contributed by atoms with E-state index in [1.54, 1.807) is 7.11 Å². The van der Waals surface area contributed by atoms with E-state index in [2.05, 4.69) is 16.4 Å². The lowest BCUT2D eigenvalue weighted by Gasteiger charge is -2.10. The van der Waals surface area contributed by atoms with Crippen LogP contribution in [0.1, 0.15) is 25.7 Å². The van der Waals surface area contributed by atoms with Crippen molar-refractivity contribution in [3.8, 4) is 23.1 Å². The SMILES string of the molecule is COC(=O)c1ccc(C(=O)OC)c(NC=C(C#N)c2nc(-c3cccc(OC)c3)cs2)c1. The summed E-state index contributed by atoms with van der Waals surface area (Å²) in [5, 5.41) is 14.9. The Bertz CT molecular complexity index is 1230. The molecule has 1 aromatic heterocycles. The molecule has 0 aliphatic heterocycles. The fourth-order valence-electron chi connectivity index (χ4n) is 2.80. The summed E-state index contributed by atoms with van der Waals surface area (Å²) in [6, 6.07) is 13.9. The molecule has 0 amide bonds. The first-order valence-corrected chi connectivity index (χ1v) is 10.2. The van der Waals surface area contributed by atoms with Crippen LogP contribution in [-0.4, -0.2) is 38.3 Å². The van der Waals surface area contributed by atoms with Gasteiger partial charge in [-0.15, -0.1) is 11.3 Å². The van der Waals surface area contributed by atoms with E-state index in [0.29, 0.717) is 16.5 Å². The molecule has 0 aliphatic carbocycles. The third-order valence-electron chi connectivity index (χ3n) is 4.44. The van der Waals surface area contributed by atoms with Crippen molar-refractivity contribution in [1.82, 2.24) is 4.98 Å². The molecule has 32 heavy (non-hydrogen) atoms. The highest BCUT2D eigenvalue weighted by Crippen LogP contribution is 2.28. The maximum absolute atomic E-state index is 12.1. The van der Waals surface area contributed by atoms with Gasteiger partial charge in [0, 0.05) is 17.1 Å². The molecule has 162 valence electrons. The van der Waals surface area contributed by atoms with Crippen molar-refractivity contribution in [2.75, 3.05) is 26.6 Å². The van der Waals surface area contributed by atoms with Gasteiger partial charge in [-0.05, 0) is 30.3 Å². The molecule has 3 aromatic rings. The van der Waals surface area contributed by atoms with E-state index >= 15 is 0 Å². The van der Waals surface area contributed by atoms with Crippen LogP contribution in [0.2, 0.25) is 0 Å². The van der Waals surface area contributed by atoms with Crippen LogP contribution in [0.15, 0.2) is 54.0 Å². The summed E-state index contributed by atoms with van der Waals surface area (Å²) in [7, 11) is 4.11. The zero-order valence-corrected chi connectivity index (χ0v) is 18.4. The number of hydrogen-bond acceptors (Lipinski definition) is 9. The summed E-state index contributed by atoms with van der Waals surface area (Å²) in [5.41, 5.74) is 2.54. The predicted molar refractivity (Wildman–Crippen MR) is 120 cm³/mol. The normalized spacial score (nSPS) is 10.8. The van der Waals surface area contributed by atoms with Gasteiger partial charge in [-0.2, -0.15) is 5.26 Å². The van der Waals surface area contributed by atoms with Gasteiger partial charge in [0.25, 0.3) is 0 Å². The zero-order valence-electron chi connectivity index (χ0n) is 17.5. The molecular formula is C23H19N3O5S. The zero-order chi connectivity index (χ0) is 23.1. The number of nitrogens with zero attached hydrogens (tertiary/aromatic N) is 2. The number of esters is 2. The Labute approximate surface area is 188 Å². The third kappa shape index (κ3) is 4.94. The lowest BCUT2D eigenvalue weighted by atomic mass is 10.1. The second-order valence-corrected chi connectivity index (χ2v) is 7.19. The van der Waals surface area contributed by atoms with Gasteiger partial charge < -0.3 is 19.5 Å². The van der Waals surface area contributed by atoms with Crippen LogP contribution < -0.4 is 10.1 Å². The smallest absolute Gasteiger partial charge is 0.339 e. The van der Waals surface area contributed by atoms with Crippen LogP contribution in [0.3, 0.4) is 0 Å². The number of nitriles is 1. The Morgan fingerprint density at radius 3 is 2.56 bits per heavy atom. The fourth-order valence-corrected chi connectivity index (χ4v) is 3.60. The number of carbonyl (C=O) groups excluding carboxylic acids is 2. The summed E-state index contributed by atoms with van der Waals surface area (Å²) in [5.74, 6) is -0.446. The lowest BCUT2D eigenvalue weighted by Crippen LogP contribution is -2.08. The monoisotopic (exact) mass is 449 g/mol. The van der Waals surface area contributed by atoms with Crippen molar-refractivity contribution >= 4 is 34.5 Å². The van der Waals surface area contributed by atoms with E-state index in [9.17, 15) is 14.9 Å². The van der Waals surface area contributed by atoms with Crippen molar-refractivity contribution in [2.24, 2.45) is 0 Å². The van der Waals surface area contributed by atoms with Crippen LogP contribution >= 0.6 is 11.3 Å². The van der Waals surface area contributed by atoms with Crippen LogP contribution in [0.25, 0.3) is 16.8 Å². The van der Waals surface area contributed by atoms with E-state index in [0.717, 1.165) is 5.56 Å². The Hall–Kier alpha value is -4.16. The minimum atomic E-state index is -0.592. The summed E-state index contributed by atoms with van der Waals surface area (Å²) in [6.45, 7) is 0. The van der Waals surface area contributed by atoms with Crippen molar-refractivity contribution in [3.05, 3.63) is 70.2 Å². The second-order valence-electron chi connectivity index (χ2n) is 6.33. The van der Waals surface area contributed by atoms with Crippen LogP contribution in [-0.2, 0) is 9.47 Å². The highest BCUT2D eigenvalue weighted by molar-refractivity contribution is 7.11. The Morgan fingerprint density at radius 1 is 1.09 bits per heavy atom. The number of thiazole rings is 1. The number of aromatic nitrogens is 1. The standard InChI is InChI=1S/C23H19N3O5S/c1-29-17-6-4-5-14(9-17)20-13-32-21(26-20)16(11-24)12-25-19-10-15(22(27)30-2)7-8-18(19)23(28)31-3/h4-10,12-13,25H,1-3H3. The molecule has 0 aliphatic rings. The molecule has 0 atom stereocenters. The number of carbonyl (C=O) groups is 2. The first-order valence-electron chi connectivity index (χ1n) is 9.28. The molecule has 0 bridgehead atoms. The summed E-state index contributed by atoms with van der Waals surface area (Å²) in [4.78, 5) is 28.5. The maximum Gasteiger partial charge on any atom is 0.339 e. The average Bonchev–Trinajstić information content (AvgIpc) is 3.33. The second kappa shape index (κ2) is 10.2. The first kappa shape index (κ1) is 22.5. The van der Waals surface area contributed by atoms with Crippen LogP contribution in [0, 0.1) is 11.3 Å². The van der Waals surface area contributed by atoms with Gasteiger partial charge in [0.15, 0.2) is 0 Å². The molecule has 9 heteroatoms. The van der Waals surface area contributed by atoms with Gasteiger partial charge in [0.05, 0.1) is 43.8 Å². The molecule has 0 spiro atoms. The maximum atomic E-state index is 12.1. The average molecular weight is 449 g/mol. The van der Waals surface area contributed by atoms with Gasteiger partial charge >= 0.3 is 11.9 Å². The fraction of sp³-hybridized carbons (Fsp3) is 0.130. The molecule has 0 fully saturated rings. The van der Waals surface area contributed by atoms with Gasteiger partial charge in [0.1, 0.15) is 22.4 Å². The number of benzene rings is 2. The molecule has 2 aromatic carbocycles. The van der Waals surface area contributed by atoms with Gasteiger partial charge in [0.2, 0.25) is 0 Å². The van der Waals surface area contributed by atoms with E-state index in [-0.39, 0.29) is 22.4 Å². The number of anilines is 1. The number of hydrogen-bond donors (Lipinski definition) is 1. The minimum Gasteiger partial charge on any atom is -0.497 e. The van der Waals surface area contributed by atoms with E-state index in [1.807, 2.05) is 29.6 Å².